The second-order valence-corrected chi connectivity index (χ2v) is 35.0. The molecule has 0 saturated heterocycles. The molecular formula is C52H67Cl6N9Ti2. The molecule has 9 nitrogen and oxygen atoms in total. The van der Waals surface area contributed by atoms with Crippen LogP contribution in [0, 0.1) is 0 Å². The summed E-state index contributed by atoms with van der Waals surface area (Å²) < 4.78 is 0. The number of hydrogen-bond donors (Lipinski definition) is 0. The van der Waals surface area contributed by atoms with E-state index in [9.17, 15) is 0 Å². The number of aromatic nitrogens is 6. The average molecular weight is 1130 g/mol. The molecular weight excluding hydrogens is 1060 g/mol. The fraction of sp³-hybridized carbons (Fsp3) is 0.365. The normalized spacial score (nSPS) is 11.2. The standard InChI is InChI=1S/3C17H21N3.CH4.6ClH.2Ti/c3*1-12(2)15-6-5-7-16(13(3)4)17(15)20-11-14-10-18-8-9-19-14;;;;;;;;;/h3*5-13H,1-4H3;1H4;6*1H;;/q;;;;;;;;;;+2;+4/p-6. The van der Waals surface area contributed by atoms with Gasteiger partial charge in [-0.25, -0.2) is 0 Å². The first-order valence-electron chi connectivity index (χ1n) is 22.2. The molecule has 0 atom stereocenters. The van der Waals surface area contributed by atoms with Crippen LogP contribution in [0.5, 0.6) is 0 Å². The van der Waals surface area contributed by atoms with Crippen LogP contribution in [0.2, 0.25) is 0 Å². The number of benzene rings is 3. The van der Waals surface area contributed by atoms with E-state index in [1.165, 1.54) is 33.4 Å². The van der Waals surface area contributed by atoms with Crippen LogP contribution >= 0.6 is 55.8 Å². The van der Waals surface area contributed by atoms with E-state index >= 15 is 0 Å². The van der Waals surface area contributed by atoms with Crippen LogP contribution in [0.25, 0.3) is 0 Å². The van der Waals surface area contributed by atoms with Crippen molar-refractivity contribution in [1.29, 1.82) is 0 Å². The maximum absolute atomic E-state index is 5.01. The first-order chi connectivity index (χ1) is 32.2. The Morgan fingerprint density at radius 2 is 0.594 bits per heavy atom. The van der Waals surface area contributed by atoms with Crippen LogP contribution < -0.4 is 0 Å². The van der Waals surface area contributed by atoms with Crippen LogP contribution in [0.1, 0.15) is 176 Å². The molecule has 3 aromatic heterocycles. The molecule has 0 bridgehead atoms. The number of nitrogens with zero attached hydrogens (tertiary/aromatic N) is 9. The van der Waals surface area contributed by atoms with Gasteiger partial charge in [0, 0.05) is 37.2 Å². The Labute approximate surface area is 448 Å². The monoisotopic (exact) mass is 1120 g/mol. The van der Waals surface area contributed by atoms with E-state index in [1.54, 1.807) is 74.4 Å². The van der Waals surface area contributed by atoms with Crippen molar-refractivity contribution < 1.29 is 29.4 Å². The molecule has 0 unspecified atom stereocenters. The van der Waals surface area contributed by atoms with Gasteiger partial charge in [0.2, 0.25) is 0 Å². The fourth-order valence-corrected chi connectivity index (χ4v) is 6.51. The Hall–Kier alpha value is -2.92. The fourth-order valence-electron chi connectivity index (χ4n) is 6.51. The predicted octanol–water partition coefficient (Wildman–Crippen LogP) is 18.2. The number of aliphatic imine (C=N–C) groups is 3. The Balaban J connectivity index is 0.000000476. The molecule has 0 aliphatic carbocycles. The first kappa shape index (κ1) is 64.1. The van der Waals surface area contributed by atoms with Gasteiger partial charge in [-0.15, -0.1) is 0 Å². The van der Waals surface area contributed by atoms with Crippen molar-refractivity contribution >= 4 is 91.5 Å². The second kappa shape index (κ2) is 34.4. The third-order valence-corrected chi connectivity index (χ3v) is 9.75. The van der Waals surface area contributed by atoms with Gasteiger partial charge < -0.3 is 0 Å². The molecule has 0 radical (unpaired) electrons. The summed E-state index contributed by atoms with van der Waals surface area (Å²) >= 11 is -3.67. The van der Waals surface area contributed by atoms with Crippen molar-refractivity contribution in [2.45, 2.75) is 126 Å². The number of halogens is 6. The predicted molar refractivity (Wildman–Crippen MR) is 294 cm³/mol. The van der Waals surface area contributed by atoms with Gasteiger partial charge in [-0.2, -0.15) is 0 Å². The average Bonchev–Trinajstić information content (AvgIpc) is 3.30. The molecule has 6 rings (SSSR count). The Bertz CT molecular complexity index is 2090. The van der Waals surface area contributed by atoms with Crippen LogP contribution in [-0.2, 0) is 29.4 Å². The zero-order chi connectivity index (χ0) is 50.8. The summed E-state index contributed by atoms with van der Waals surface area (Å²) in [7, 11) is 29.8. The molecule has 370 valence electrons. The topological polar surface area (TPSA) is 114 Å². The zero-order valence-electron chi connectivity index (χ0n) is 40.9. The van der Waals surface area contributed by atoms with E-state index in [0.29, 0.717) is 35.5 Å². The molecule has 0 fully saturated rings. The number of para-hydroxylation sites is 3. The van der Waals surface area contributed by atoms with Gasteiger partial charge >= 0.3 is 85.2 Å². The van der Waals surface area contributed by atoms with Crippen molar-refractivity contribution in [2.75, 3.05) is 0 Å². The van der Waals surface area contributed by atoms with Gasteiger partial charge in [0.1, 0.15) is 0 Å². The van der Waals surface area contributed by atoms with Gasteiger partial charge in [-0.05, 0) is 68.9 Å². The summed E-state index contributed by atoms with van der Waals surface area (Å²) in [5.74, 6) is 2.68. The van der Waals surface area contributed by atoms with Gasteiger partial charge in [0.25, 0.3) is 0 Å². The minimum atomic E-state index is -3.11. The summed E-state index contributed by atoms with van der Waals surface area (Å²) in [6.07, 6.45) is 20.6. The zero-order valence-corrected chi connectivity index (χ0v) is 48.5. The minimum absolute atomic E-state index is 0. The van der Waals surface area contributed by atoms with Crippen molar-refractivity contribution in [3.8, 4) is 0 Å². The quantitative estimate of drug-likeness (QED) is 0.0891. The SMILES string of the molecule is C.CC(C)c1cccc(C(C)C)c1N=Cc1cnccn1.CC(C)c1cccc(C(C)C)c1N=Cc1cnccn1.CC(C)c1cccc(C(C)C)c1N=Cc1cnccn1.[Cl][Ti]([Cl])([Cl])[Cl].[Cl][Ti][Cl]. The van der Waals surface area contributed by atoms with Gasteiger partial charge in [-0.3, -0.25) is 44.9 Å². The van der Waals surface area contributed by atoms with E-state index in [2.05, 4.69) is 168 Å². The molecule has 0 amide bonds. The molecule has 6 aromatic rings. The third-order valence-electron chi connectivity index (χ3n) is 9.75. The molecule has 17 heteroatoms. The van der Waals surface area contributed by atoms with Crippen molar-refractivity contribution in [1.82, 2.24) is 29.9 Å². The van der Waals surface area contributed by atoms with E-state index in [0.717, 1.165) is 34.1 Å². The Morgan fingerprint density at radius 1 is 0.406 bits per heavy atom. The summed E-state index contributed by atoms with van der Waals surface area (Å²) in [5, 5.41) is 0. The molecule has 0 aliphatic rings. The van der Waals surface area contributed by atoms with Crippen molar-refractivity contribution in [3.05, 3.63) is 161 Å². The molecule has 3 aromatic carbocycles. The molecule has 0 spiro atoms. The summed E-state index contributed by atoms with van der Waals surface area (Å²) in [6.45, 7) is 26.3. The summed E-state index contributed by atoms with van der Waals surface area (Å²) in [5.41, 5.74) is 13.2. The summed E-state index contributed by atoms with van der Waals surface area (Å²) in [6, 6.07) is 19.3. The molecule has 0 N–H and O–H groups in total. The van der Waals surface area contributed by atoms with Crippen molar-refractivity contribution in [2.24, 2.45) is 15.0 Å². The molecule has 3 heterocycles. The van der Waals surface area contributed by atoms with Crippen LogP contribution in [0.3, 0.4) is 0 Å². The Kier molecular flexibility index (Phi) is 32.0. The van der Waals surface area contributed by atoms with Gasteiger partial charge in [0.05, 0.1) is 71.4 Å². The van der Waals surface area contributed by atoms with Crippen LogP contribution in [-0.4, -0.2) is 48.5 Å². The Morgan fingerprint density at radius 3 is 0.739 bits per heavy atom. The maximum atomic E-state index is 5.01. The van der Waals surface area contributed by atoms with E-state index < -0.39 is 29.4 Å². The summed E-state index contributed by atoms with van der Waals surface area (Å²) in [4.78, 5) is 38.9. The van der Waals surface area contributed by atoms with Crippen LogP contribution in [0.15, 0.2) is 125 Å². The van der Waals surface area contributed by atoms with E-state index in [1.807, 2.05) is 0 Å². The van der Waals surface area contributed by atoms with Crippen LogP contribution in [0.4, 0.5) is 17.1 Å². The van der Waals surface area contributed by atoms with Crippen molar-refractivity contribution in [3.63, 3.8) is 0 Å². The molecule has 69 heavy (non-hydrogen) atoms. The first-order valence-corrected chi connectivity index (χ1v) is 35.1. The van der Waals surface area contributed by atoms with Gasteiger partial charge in [-0.1, -0.05) is 145 Å². The molecule has 0 aliphatic heterocycles. The van der Waals surface area contributed by atoms with E-state index in [-0.39, 0.29) is 7.43 Å². The number of rotatable bonds is 12. The van der Waals surface area contributed by atoms with E-state index in [4.69, 9.17) is 70.8 Å². The number of hydrogen-bond acceptors (Lipinski definition) is 9. The third kappa shape index (κ3) is 24.9. The van der Waals surface area contributed by atoms with Gasteiger partial charge in [0.15, 0.2) is 0 Å². The second-order valence-electron chi connectivity index (χ2n) is 16.9. The molecule has 0 saturated carbocycles.